The molecule has 0 bridgehead atoms. The van der Waals surface area contributed by atoms with Crippen LogP contribution in [0.1, 0.15) is 0 Å². The average Bonchev–Trinajstić information content (AvgIpc) is 2.75. The van der Waals surface area contributed by atoms with Crippen LogP contribution in [0.3, 0.4) is 0 Å². The Hall–Kier alpha value is -3.19. The van der Waals surface area contributed by atoms with Gasteiger partial charge in [-0.25, -0.2) is 4.98 Å². The minimum absolute atomic E-state index is 0.683. The number of nitrogens with one attached hydrogen (secondary N) is 1. The summed E-state index contributed by atoms with van der Waals surface area (Å²) in [5.41, 5.74) is 2.96. The Bertz CT molecular complexity index is 895. The van der Waals surface area contributed by atoms with E-state index in [1.807, 2.05) is 42.5 Å². The number of methoxy groups -OCH3 is 1. The van der Waals surface area contributed by atoms with Crippen molar-refractivity contribution in [3.63, 3.8) is 0 Å². The van der Waals surface area contributed by atoms with Crippen LogP contribution >= 0.6 is 0 Å². The SMILES string of the molecule is COc1ccc(-c2cnnc(Nc3ccnc(N4CCOCC4)c3)c2)cc1. The minimum atomic E-state index is 0.683. The van der Waals surface area contributed by atoms with Crippen LogP contribution in [-0.2, 0) is 4.74 Å². The summed E-state index contributed by atoms with van der Waals surface area (Å²) in [5.74, 6) is 2.44. The topological polar surface area (TPSA) is 72.4 Å². The molecule has 0 atom stereocenters. The molecule has 138 valence electrons. The first-order valence-corrected chi connectivity index (χ1v) is 8.85. The standard InChI is InChI=1S/C20H21N5O2/c1-26-18-4-2-15(3-5-18)16-12-19(24-22-14-16)23-17-6-7-21-20(13-17)25-8-10-27-11-9-25/h2-7,12-14H,8-11H2,1H3,(H,21,23,24). The molecule has 7 heteroatoms. The summed E-state index contributed by atoms with van der Waals surface area (Å²) in [5, 5.41) is 11.6. The normalized spacial score (nSPS) is 14.0. The summed E-state index contributed by atoms with van der Waals surface area (Å²) in [6.45, 7) is 3.16. The van der Waals surface area contributed by atoms with E-state index in [9.17, 15) is 0 Å². The number of ether oxygens (including phenoxy) is 2. The van der Waals surface area contributed by atoms with Crippen LogP contribution < -0.4 is 15.0 Å². The molecule has 1 saturated heterocycles. The van der Waals surface area contributed by atoms with Crippen LogP contribution in [0.5, 0.6) is 5.75 Å². The van der Waals surface area contributed by atoms with E-state index < -0.39 is 0 Å². The number of anilines is 3. The van der Waals surface area contributed by atoms with Crippen LogP contribution in [-0.4, -0.2) is 48.6 Å². The Labute approximate surface area is 158 Å². The number of hydrogen-bond acceptors (Lipinski definition) is 7. The monoisotopic (exact) mass is 363 g/mol. The maximum Gasteiger partial charge on any atom is 0.153 e. The molecule has 3 aromatic rings. The van der Waals surface area contributed by atoms with E-state index in [1.54, 1.807) is 19.5 Å². The van der Waals surface area contributed by atoms with E-state index in [1.165, 1.54) is 0 Å². The molecule has 0 spiro atoms. The van der Waals surface area contributed by atoms with E-state index >= 15 is 0 Å². The first-order valence-electron chi connectivity index (χ1n) is 8.85. The van der Waals surface area contributed by atoms with Crippen molar-refractivity contribution in [2.75, 3.05) is 43.6 Å². The van der Waals surface area contributed by atoms with Gasteiger partial charge in [0.15, 0.2) is 5.82 Å². The lowest BCUT2D eigenvalue weighted by atomic mass is 10.1. The van der Waals surface area contributed by atoms with E-state index in [0.29, 0.717) is 5.82 Å². The van der Waals surface area contributed by atoms with E-state index in [2.05, 4.69) is 25.4 Å². The number of pyridine rings is 1. The number of rotatable bonds is 5. The second kappa shape index (κ2) is 8.01. The van der Waals surface area contributed by atoms with Crippen molar-refractivity contribution in [1.29, 1.82) is 0 Å². The summed E-state index contributed by atoms with van der Waals surface area (Å²) >= 11 is 0. The molecule has 27 heavy (non-hydrogen) atoms. The van der Waals surface area contributed by atoms with E-state index in [4.69, 9.17) is 9.47 Å². The fraction of sp³-hybridized carbons (Fsp3) is 0.250. The van der Waals surface area contributed by atoms with Crippen LogP contribution in [0.2, 0.25) is 0 Å². The Balaban J connectivity index is 1.52. The van der Waals surface area contributed by atoms with E-state index in [0.717, 1.165) is 54.7 Å². The number of hydrogen-bond donors (Lipinski definition) is 1. The number of morpholine rings is 1. The van der Waals surface area contributed by atoms with Crippen molar-refractivity contribution < 1.29 is 9.47 Å². The van der Waals surface area contributed by atoms with Gasteiger partial charge in [-0.1, -0.05) is 12.1 Å². The fourth-order valence-electron chi connectivity index (χ4n) is 2.98. The summed E-state index contributed by atoms with van der Waals surface area (Å²) in [6, 6.07) is 13.8. The third-order valence-electron chi connectivity index (χ3n) is 4.43. The van der Waals surface area contributed by atoms with Crippen LogP contribution in [0.25, 0.3) is 11.1 Å². The van der Waals surface area contributed by atoms with Crippen molar-refractivity contribution in [2.24, 2.45) is 0 Å². The smallest absolute Gasteiger partial charge is 0.153 e. The lowest BCUT2D eigenvalue weighted by Gasteiger charge is -2.28. The third kappa shape index (κ3) is 4.15. The molecule has 7 nitrogen and oxygen atoms in total. The molecule has 2 aromatic heterocycles. The Morgan fingerprint density at radius 3 is 2.63 bits per heavy atom. The quantitative estimate of drug-likeness (QED) is 0.746. The second-order valence-electron chi connectivity index (χ2n) is 6.19. The molecule has 4 rings (SSSR count). The van der Waals surface area contributed by atoms with Crippen LogP contribution in [0.15, 0.2) is 54.9 Å². The Morgan fingerprint density at radius 1 is 1.04 bits per heavy atom. The van der Waals surface area contributed by atoms with Gasteiger partial charge in [0.05, 0.1) is 26.5 Å². The Kier molecular flexibility index (Phi) is 5.11. The van der Waals surface area contributed by atoms with Gasteiger partial charge in [-0.3, -0.25) is 0 Å². The van der Waals surface area contributed by atoms with Crippen molar-refractivity contribution >= 4 is 17.3 Å². The Morgan fingerprint density at radius 2 is 1.85 bits per heavy atom. The van der Waals surface area contributed by atoms with Gasteiger partial charge in [-0.2, -0.15) is 5.10 Å². The molecule has 3 heterocycles. The van der Waals surface area contributed by atoms with Gasteiger partial charge < -0.3 is 19.7 Å². The highest BCUT2D eigenvalue weighted by molar-refractivity contribution is 5.68. The zero-order valence-corrected chi connectivity index (χ0v) is 15.1. The molecule has 1 N–H and O–H groups in total. The maximum absolute atomic E-state index is 5.41. The summed E-state index contributed by atoms with van der Waals surface area (Å²) < 4.78 is 10.6. The predicted octanol–water partition coefficient (Wildman–Crippen LogP) is 3.13. The molecule has 0 unspecified atom stereocenters. The van der Waals surface area contributed by atoms with Gasteiger partial charge in [0.1, 0.15) is 11.6 Å². The zero-order valence-electron chi connectivity index (χ0n) is 15.1. The first-order chi connectivity index (χ1) is 13.3. The van der Waals surface area contributed by atoms with Gasteiger partial charge in [0.2, 0.25) is 0 Å². The molecule has 1 fully saturated rings. The van der Waals surface area contributed by atoms with Gasteiger partial charge in [-0.15, -0.1) is 5.10 Å². The summed E-state index contributed by atoms with van der Waals surface area (Å²) in [4.78, 5) is 6.69. The average molecular weight is 363 g/mol. The molecule has 0 saturated carbocycles. The minimum Gasteiger partial charge on any atom is -0.497 e. The zero-order chi connectivity index (χ0) is 18.5. The third-order valence-corrected chi connectivity index (χ3v) is 4.43. The molecular weight excluding hydrogens is 342 g/mol. The largest absolute Gasteiger partial charge is 0.497 e. The molecular formula is C20H21N5O2. The number of nitrogens with zero attached hydrogens (tertiary/aromatic N) is 4. The van der Waals surface area contributed by atoms with Crippen molar-refractivity contribution in [3.05, 3.63) is 54.9 Å². The molecule has 0 aliphatic carbocycles. The lowest BCUT2D eigenvalue weighted by molar-refractivity contribution is 0.122. The summed E-state index contributed by atoms with van der Waals surface area (Å²) in [7, 11) is 1.66. The van der Waals surface area contributed by atoms with Crippen LogP contribution in [0.4, 0.5) is 17.3 Å². The van der Waals surface area contributed by atoms with Gasteiger partial charge in [0, 0.05) is 36.6 Å². The predicted molar refractivity (Wildman–Crippen MR) is 105 cm³/mol. The highest BCUT2D eigenvalue weighted by atomic mass is 16.5. The lowest BCUT2D eigenvalue weighted by Crippen LogP contribution is -2.36. The second-order valence-corrected chi connectivity index (χ2v) is 6.19. The highest BCUT2D eigenvalue weighted by Crippen LogP contribution is 2.25. The van der Waals surface area contributed by atoms with Crippen LogP contribution in [0, 0.1) is 0 Å². The molecule has 1 aliphatic rings. The number of benzene rings is 1. The highest BCUT2D eigenvalue weighted by Gasteiger charge is 2.13. The van der Waals surface area contributed by atoms with Crippen molar-refractivity contribution in [2.45, 2.75) is 0 Å². The number of aromatic nitrogens is 3. The first kappa shape index (κ1) is 17.2. The van der Waals surface area contributed by atoms with Gasteiger partial charge >= 0.3 is 0 Å². The molecule has 1 aromatic carbocycles. The van der Waals surface area contributed by atoms with Gasteiger partial charge in [0.25, 0.3) is 0 Å². The molecule has 1 aliphatic heterocycles. The fourth-order valence-corrected chi connectivity index (χ4v) is 2.98. The summed E-state index contributed by atoms with van der Waals surface area (Å²) in [6.07, 6.45) is 3.55. The van der Waals surface area contributed by atoms with E-state index in [-0.39, 0.29) is 0 Å². The maximum atomic E-state index is 5.41. The van der Waals surface area contributed by atoms with Crippen molar-refractivity contribution in [1.82, 2.24) is 15.2 Å². The molecule has 0 radical (unpaired) electrons. The van der Waals surface area contributed by atoms with Crippen molar-refractivity contribution in [3.8, 4) is 16.9 Å². The van der Waals surface area contributed by atoms with Gasteiger partial charge in [-0.05, 0) is 29.8 Å². The molecule has 0 amide bonds.